The highest BCUT2D eigenvalue weighted by Gasteiger charge is 2.44. The molecule has 0 N–H and O–H groups in total. The lowest BCUT2D eigenvalue weighted by atomic mass is 9.68. The minimum absolute atomic E-state index is 0.0775. The second-order valence-corrected chi connectivity index (χ2v) is 9.27. The summed E-state index contributed by atoms with van der Waals surface area (Å²) < 4.78 is 53.4. The normalized spacial score (nSPS) is 41.9. The van der Waals surface area contributed by atoms with Gasteiger partial charge in [0, 0.05) is 18.5 Å². The zero-order valence-corrected chi connectivity index (χ0v) is 16.4. The summed E-state index contributed by atoms with van der Waals surface area (Å²) in [5, 5.41) is 8.90. The van der Waals surface area contributed by atoms with E-state index in [4.69, 9.17) is 16.9 Å². The molecular formula is C20H29ClF4N2. The maximum Gasteiger partial charge on any atom is 0.393 e. The Balaban J connectivity index is 1.57. The molecule has 154 valence electrons. The molecule has 3 aliphatic rings. The number of alkyl halides is 5. The first-order valence-electron chi connectivity index (χ1n) is 10.3. The third kappa shape index (κ3) is 5.09. The van der Waals surface area contributed by atoms with Crippen LogP contribution in [0.25, 0.3) is 0 Å². The minimum Gasteiger partial charge on any atom is -0.302 e. The second-order valence-electron chi connectivity index (χ2n) is 8.76. The van der Waals surface area contributed by atoms with E-state index in [9.17, 15) is 17.6 Å². The molecule has 2 aliphatic carbocycles. The number of nitrogens with zero attached hydrogens (tertiary/aromatic N) is 2. The van der Waals surface area contributed by atoms with Crippen LogP contribution < -0.4 is 0 Å². The van der Waals surface area contributed by atoms with Gasteiger partial charge in [-0.25, -0.2) is 4.39 Å². The van der Waals surface area contributed by atoms with Crippen molar-refractivity contribution in [1.82, 2.24) is 4.90 Å². The second kappa shape index (κ2) is 8.86. The van der Waals surface area contributed by atoms with Gasteiger partial charge in [-0.1, -0.05) is 6.42 Å². The smallest absolute Gasteiger partial charge is 0.302 e. The molecule has 3 fully saturated rings. The van der Waals surface area contributed by atoms with Gasteiger partial charge in [0.1, 0.15) is 6.17 Å². The molecule has 0 bridgehead atoms. The Bertz CT molecular complexity index is 535. The molecule has 2 nitrogen and oxygen atoms in total. The van der Waals surface area contributed by atoms with Crippen LogP contribution in [0.3, 0.4) is 0 Å². The van der Waals surface area contributed by atoms with E-state index in [1.165, 1.54) is 0 Å². The predicted molar refractivity (Wildman–Crippen MR) is 97.0 cm³/mol. The summed E-state index contributed by atoms with van der Waals surface area (Å²) in [6, 6.07) is 2.06. The fraction of sp³-hybridized carbons (Fsp3) is 0.950. The molecule has 7 heteroatoms. The Morgan fingerprint density at radius 1 is 1.07 bits per heavy atom. The molecule has 7 atom stereocenters. The van der Waals surface area contributed by atoms with Gasteiger partial charge >= 0.3 is 6.18 Å². The van der Waals surface area contributed by atoms with Crippen LogP contribution in [0.2, 0.25) is 0 Å². The standard InChI is InChI=1S/C20H29ClF4N2/c21-19-15(11-27-8-2-4-16(12-27)20(23,24)25)3-1-5-17(19)13-6-7-14(10-26)18(22)9-13/h13-19H,1-9,11-12H2/t13?,14?,15?,16-,17?,18?,19?/m1/s1. The molecule has 27 heavy (non-hydrogen) atoms. The van der Waals surface area contributed by atoms with Crippen molar-refractivity contribution in [1.29, 1.82) is 5.26 Å². The van der Waals surface area contributed by atoms with Crippen molar-refractivity contribution < 1.29 is 17.6 Å². The Hall–Kier alpha value is -0.540. The molecule has 3 rings (SSSR count). The van der Waals surface area contributed by atoms with Crippen LogP contribution >= 0.6 is 11.6 Å². The lowest BCUT2D eigenvalue weighted by molar-refractivity contribution is -0.187. The molecule has 0 amide bonds. The van der Waals surface area contributed by atoms with Crippen molar-refractivity contribution in [2.75, 3.05) is 19.6 Å². The van der Waals surface area contributed by atoms with Crippen LogP contribution in [0.5, 0.6) is 0 Å². The van der Waals surface area contributed by atoms with Crippen LogP contribution in [0.15, 0.2) is 0 Å². The molecule has 2 saturated carbocycles. The Labute approximate surface area is 164 Å². The average molecular weight is 409 g/mol. The zero-order valence-electron chi connectivity index (χ0n) is 15.6. The fourth-order valence-corrected chi connectivity index (χ4v) is 6.01. The molecule has 1 saturated heterocycles. The highest BCUT2D eigenvalue weighted by Crippen LogP contribution is 2.45. The van der Waals surface area contributed by atoms with Gasteiger partial charge in [-0.05, 0) is 69.2 Å². The van der Waals surface area contributed by atoms with Crippen LogP contribution in [-0.2, 0) is 0 Å². The number of likely N-dealkylation sites (tertiary alicyclic amines) is 1. The van der Waals surface area contributed by atoms with Gasteiger partial charge in [0.25, 0.3) is 0 Å². The number of hydrogen-bond donors (Lipinski definition) is 0. The maximum absolute atomic E-state index is 14.2. The van der Waals surface area contributed by atoms with Crippen molar-refractivity contribution in [3.63, 3.8) is 0 Å². The highest BCUT2D eigenvalue weighted by atomic mass is 35.5. The van der Waals surface area contributed by atoms with Gasteiger partial charge in [0.05, 0.1) is 17.9 Å². The van der Waals surface area contributed by atoms with E-state index in [1.807, 2.05) is 4.90 Å². The summed E-state index contributed by atoms with van der Waals surface area (Å²) in [6.45, 7) is 1.40. The summed E-state index contributed by atoms with van der Waals surface area (Å²) in [5.74, 6) is -1.15. The van der Waals surface area contributed by atoms with Crippen LogP contribution in [0, 0.1) is 40.9 Å². The van der Waals surface area contributed by atoms with Gasteiger partial charge in [-0.2, -0.15) is 18.4 Å². The van der Waals surface area contributed by atoms with E-state index in [0.717, 1.165) is 25.7 Å². The topological polar surface area (TPSA) is 27.0 Å². The van der Waals surface area contributed by atoms with Crippen molar-refractivity contribution in [2.45, 2.75) is 69.1 Å². The van der Waals surface area contributed by atoms with E-state index in [2.05, 4.69) is 6.07 Å². The zero-order chi connectivity index (χ0) is 19.6. The summed E-state index contributed by atoms with van der Waals surface area (Å²) in [7, 11) is 0. The number of nitriles is 1. The first-order chi connectivity index (χ1) is 12.8. The number of hydrogen-bond acceptors (Lipinski definition) is 2. The lowest BCUT2D eigenvalue weighted by Gasteiger charge is -2.44. The van der Waals surface area contributed by atoms with Crippen molar-refractivity contribution in [3.8, 4) is 6.07 Å². The average Bonchev–Trinajstić information content (AvgIpc) is 2.63. The maximum atomic E-state index is 14.2. The first-order valence-corrected chi connectivity index (χ1v) is 10.7. The third-order valence-corrected chi connectivity index (χ3v) is 7.70. The molecule has 0 spiro atoms. The molecule has 0 aromatic rings. The Morgan fingerprint density at radius 2 is 1.85 bits per heavy atom. The Morgan fingerprint density at radius 3 is 2.52 bits per heavy atom. The molecule has 0 radical (unpaired) electrons. The van der Waals surface area contributed by atoms with Crippen LogP contribution in [-0.4, -0.2) is 42.3 Å². The summed E-state index contributed by atoms with van der Waals surface area (Å²) in [6.07, 6.45) is 0.326. The Kier molecular flexibility index (Phi) is 6.95. The summed E-state index contributed by atoms with van der Waals surface area (Å²) >= 11 is 6.81. The van der Waals surface area contributed by atoms with E-state index >= 15 is 0 Å². The van der Waals surface area contributed by atoms with Gasteiger partial charge in [0.2, 0.25) is 0 Å². The summed E-state index contributed by atoms with van der Waals surface area (Å²) in [4.78, 5) is 1.94. The van der Waals surface area contributed by atoms with E-state index in [1.54, 1.807) is 0 Å². The minimum atomic E-state index is -4.12. The SMILES string of the molecule is N#CC1CCC(C2CCCC(CN3CCC[C@@H](C(F)(F)F)C3)C2Cl)CC1F. The molecule has 1 heterocycles. The van der Waals surface area contributed by atoms with Crippen molar-refractivity contribution in [2.24, 2.45) is 29.6 Å². The number of rotatable bonds is 3. The van der Waals surface area contributed by atoms with E-state index in [0.29, 0.717) is 32.4 Å². The van der Waals surface area contributed by atoms with Crippen molar-refractivity contribution >= 4 is 11.6 Å². The summed E-state index contributed by atoms with van der Waals surface area (Å²) in [5.41, 5.74) is 0. The third-order valence-electron chi connectivity index (χ3n) is 7.02. The molecule has 6 unspecified atom stereocenters. The number of halogens is 5. The van der Waals surface area contributed by atoms with Crippen molar-refractivity contribution in [3.05, 3.63) is 0 Å². The van der Waals surface area contributed by atoms with Gasteiger partial charge in [0.15, 0.2) is 0 Å². The van der Waals surface area contributed by atoms with E-state index in [-0.39, 0.29) is 36.1 Å². The monoisotopic (exact) mass is 408 g/mol. The quantitative estimate of drug-likeness (QED) is 0.451. The fourth-order valence-electron chi connectivity index (χ4n) is 5.47. The number of piperidine rings is 1. The lowest BCUT2D eigenvalue weighted by Crippen LogP contribution is -2.47. The van der Waals surface area contributed by atoms with Gasteiger partial charge in [-0.15, -0.1) is 11.6 Å². The van der Waals surface area contributed by atoms with Crippen LogP contribution in [0.4, 0.5) is 17.6 Å². The molecular weight excluding hydrogens is 380 g/mol. The van der Waals surface area contributed by atoms with E-state index < -0.39 is 24.2 Å². The van der Waals surface area contributed by atoms with Gasteiger partial charge < -0.3 is 4.90 Å². The van der Waals surface area contributed by atoms with Gasteiger partial charge in [-0.3, -0.25) is 0 Å². The largest absolute Gasteiger partial charge is 0.393 e. The first kappa shape index (κ1) is 21.2. The molecule has 0 aromatic heterocycles. The van der Waals surface area contributed by atoms with Crippen LogP contribution in [0.1, 0.15) is 51.4 Å². The molecule has 1 aliphatic heterocycles. The molecule has 0 aromatic carbocycles. The highest BCUT2D eigenvalue weighted by molar-refractivity contribution is 6.21. The predicted octanol–water partition coefficient (Wildman–Crippen LogP) is 5.56.